The summed E-state index contributed by atoms with van der Waals surface area (Å²) in [4.78, 5) is 11.6. The van der Waals surface area contributed by atoms with E-state index in [9.17, 15) is 8.42 Å². The second kappa shape index (κ2) is 11.0. The molecule has 1 fully saturated rings. The lowest BCUT2D eigenvalue weighted by atomic mass is 10.2. The van der Waals surface area contributed by atoms with Crippen molar-refractivity contribution in [3.63, 3.8) is 0 Å². The molecule has 1 aliphatic rings. The summed E-state index contributed by atoms with van der Waals surface area (Å²) in [6.45, 7) is 7.62. The third-order valence-corrected chi connectivity index (χ3v) is 7.52. The highest BCUT2D eigenvalue weighted by Gasteiger charge is 2.16. The van der Waals surface area contributed by atoms with Crippen molar-refractivity contribution in [2.24, 2.45) is 0 Å². The second-order valence-corrected chi connectivity index (χ2v) is 10.4. The van der Waals surface area contributed by atoms with Crippen LogP contribution < -0.4 is 20.1 Å². The van der Waals surface area contributed by atoms with Crippen molar-refractivity contribution < 1.29 is 13.2 Å². The van der Waals surface area contributed by atoms with Gasteiger partial charge in [0.2, 0.25) is 16.0 Å². The van der Waals surface area contributed by atoms with E-state index in [0.717, 1.165) is 23.5 Å². The molecule has 0 unspecified atom stereocenters. The molecule has 10 heteroatoms. The molecule has 2 aromatic carbocycles. The summed E-state index contributed by atoms with van der Waals surface area (Å²) < 4.78 is 32.8. The number of aryl methyl sites for hydroxylation is 2. The van der Waals surface area contributed by atoms with E-state index in [4.69, 9.17) is 4.74 Å². The number of nitrogens with one attached hydrogen (secondary N) is 3. The molecule has 0 bridgehead atoms. The van der Waals surface area contributed by atoms with Crippen molar-refractivity contribution in [1.82, 2.24) is 19.6 Å². The first-order chi connectivity index (χ1) is 16.8. The third-order valence-electron chi connectivity index (χ3n) is 5.97. The zero-order valence-corrected chi connectivity index (χ0v) is 21.2. The molecule has 35 heavy (non-hydrogen) atoms. The second-order valence-electron chi connectivity index (χ2n) is 8.58. The number of hydrogen-bond donors (Lipinski definition) is 3. The Kier molecular flexibility index (Phi) is 7.84. The smallest absolute Gasteiger partial charge is 0.240 e. The van der Waals surface area contributed by atoms with Gasteiger partial charge in [0.1, 0.15) is 18.2 Å². The SMILES string of the molecule is CNS(=O)(=O)c1cc(Nc2nc(Nc3ccc(OCCN4CCCC4)cc3)ncc2C)ccc1C. The van der Waals surface area contributed by atoms with Crippen molar-refractivity contribution in [2.45, 2.75) is 31.6 Å². The summed E-state index contributed by atoms with van der Waals surface area (Å²) in [5, 5.41) is 6.42. The lowest BCUT2D eigenvalue weighted by Crippen LogP contribution is -2.25. The van der Waals surface area contributed by atoms with Gasteiger partial charge in [-0.25, -0.2) is 18.1 Å². The van der Waals surface area contributed by atoms with Crippen molar-refractivity contribution >= 4 is 33.2 Å². The van der Waals surface area contributed by atoms with Crippen LogP contribution >= 0.6 is 0 Å². The molecule has 9 nitrogen and oxygen atoms in total. The normalized spacial score (nSPS) is 14.1. The molecule has 4 rings (SSSR count). The van der Waals surface area contributed by atoms with Gasteiger partial charge in [-0.15, -0.1) is 0 Å². The fraction of sp³-hybridized carbons (Fsp3) is 0.360. The first-order valence-electron chi connectivity index (χ1n) is 11.7. The molecule has 0 amide bonds. The van der Waals surface area contributed by atoms with Crippen molar-refractivity contribution in [3.05, 3.63) is 59.8 Å². The van der Waals surface area contributed by atoms with Gasteiger partial charge in [-0.3, -0.25) is 4.90 Å². The van der Waals surface area contributed by atoms with Gasteiger partial charge < -0.3 is 15.4 Å². The molecule has 1 saturated heterocycles. The first kappa shape index (κ1) is 24.9. The fourth-order valence-electron chi connectivity index (χ4n) is 3.91. The van der Waals surface area contributed by atoms with Crippen LogP contribution in [0.3, 0.4) is 0 Å². The van der Waals surface area contributed by atoms with E-state index in [0.29, 0.717) is 29.6 Å². The molecule has 1 aliphatic heterocycles. The van der Waals surface area contributed by atoms with Crippen LogP contribution in [0.15, 0.2) is 53.6 Å². The zero-order valence-electron chi connectivity index (χ0n) is 20.3. The number of aromatic nitrogens is 2. The molecule has 3 N–H and O–H groups in total. The van der Waals surface area contributed by atoms with Gasteiger partial charge in [0.25, 0.3) is 0 Å². The Hall–Kier alpha value is -3.21. The predicted molar refractivity (Wildman–Crippen MR) is 138 cm³/mol. The Morgan fingerprint density at radius 1 is 0.971 bits per heavy atom. The Morgan fingerprint density at radius 3 is 2.40 bits per heavy atom. The summed E-state index contributed by atoms with van der Waals surface area (Å²) in [7, 11) is -2.17. The zero-order chi connectivity index (χ0) is 24.8. The Labute approximate surface area is 207 Å². The monoisotopic (exact) mass is 496 g/mol. The maximum atomic E-state index is 12.3. The van der Waals surface area contributed by atoms with Crippen LogP contribution in [-0.2, 0) is 10.0 Å². The van der Waals surface area contributed by atoms with Crippen LogP contribution in [-0.4, -0.2) is 56.6 Å². The number of hydrogen-bond acceptors (Lipinski definition) is 8. The van der Waals surface area contributed by atoms with Crippen LogP contribution in [0.5, 0.6) is 5.75 Å². The molecular weight excluding hydrogens is 464 g/mol. The molecule has 0 radical (unpaired) electrons. The van der Waals surface area contributed by atoms with Gasteiger partial charge in [-0.05, 0) is 88.8 Å². The largest absolute Gasteiger partial charge is 0.492 e. The van der Waals surface area contributed by atoms with Gasteiger partial charge in [0.15, 0.2) is 0 Å². The van der Waals surface area contributed by atoms with Crippen LogP contribution in [0, 0.1) is 13.8 Å². The van der Waals surface area contributed by atoms with E-state index in [1.165, 1.54) is 33.0 Å². The van der Waals surface area contributed by atoms with Crippen LogP contribution in [0.25, 0.3) is 0 Å². The topological polar surface area (TPSA) is 108 Å². The third kappa shape index (κ3) is 6.47. The van der Waals surface area contributed by atoms with Gasteiger partial charge in [-0.2, -0.15) is 4.98 Å². The maximum absolute atomic E-state index is 12.3. The highest BCUT2D eigenvalue weighted by atomic mass is 32.2. The predicted octanol–water partition coefficient (Wildman–Crippen LogP) is 3.96. The summed E-state index contributed by atoms with van der Waals surface area (Å²) >= 11 is 0. The molecule has 0 saturated carbocycles. The van der Waals surface area contributed by atoms with Crippen molar-refractivity contribution in [3.8, 4) is 5.75 Å². The Bertz CT molecular complexity index is 1260. The molecular formula is C25H32N6O3S. The summed E-state index contributed by atoms with van der Waals surface area (Å²) in [6, 6.07) is 12.9. The van der Waals surface area contributed by atoms with E-state index in [2.05, 4.69) is 30.2 Å². The average molecular weight is 497 g/mol. The first-order valence-corrected chi connectivity index (χ1v) is 13.2. The minimum Gasteiger partial charge on any atom is -0.492 e. The van der Waals surface area contributed by atoms with E-state index in [1.807, 2.05) is 37.3 Å². The van der Waals surface area contributed by atoms with Gasteiger partial charge in [0.05, 0.1) is 4.90 Å². The number of anilines is 4. The number of rotatable bonds is 10. The number of sulfonamides is 1. The molecule has 3 aromatic rings. The van der Waals surface area contributed by atoms with Gasteiger partial charge in [-0.1, -0.05) is 6.07 Å². The van der Waals surface area contributed by atoms with E-state index in [1.54, 1.807) is 25.3 Å². The lowest BCUT2D eigenvalue weighted by molar-refractivity contribution is 0.238. The maximum Gasteiger partial charge on any atom is 0.240 e. The van der Waals surface area contributed by atoms with E-state index >= 15 is 0 Å². The van der Waals surface area contributed by atoms with Gasteiger partial charge in [0, 0.05) is 29.7 Å². The van der Waals surface area contributed by atoms with Gasteiger partial charge >= 0.3 is 0 Å². The fourth-order valence-corrected chi connectivity index (χ4v) is 4.90. The number of benzene rings is 2. The Balaban J connectivity index is 1.41. The quantitative estimate of drug-likeness (QED) is 0.387. The van der Waals surface area contributed by atoms with Crippen LogP contribution in [0.1, 0.15) is 24.0 Å². The van der Waals surface area contributed by atoms with E-state index in [-0.39, 0.29) is 4.90 Å². The molecule has 1 aromatic heterocycles. The highest BCUT2D eigenvalue weighted by molar-refractivity contribution is 7.89. The number of nitrogens with zero attached hydrogens (tertiary/aromatic N) is 3. The summed E-state index contributed by atoms with van der Waals surface area (Å²) in [5.41, 5.74) is 2.95. The summed E-state index contributed by atoms with van der Waals surface area (Å²) in [6.07, 6.45) is 4.28. The molecule has 0 atom stereocenters. The van der Waals surface area contributed by atoms with Crippen molar-refractivity contribution in [2.75, 3.05) is 43.9 Å². The van der Waals surface area contributed by atoms with E-state index < -0.39 is 10.0 Å². The Morgan fingerprint density at radius 2 is 1.69 bits per heavy atom. The van der Waals surface area contributed by atoms with Crippen LogP contribution in [0.4, 0.5) is 23.1 Å². The lowest BCUT2D eigenvalue weighted by Gasteiger charge is -2.15. The number of likely N-dealkylation sites (tertiary alicyclic amines) is 1. The van der Waals surface area contributed by atoms with Crippen LogP contribution in [0.2, 0.25) is 0 Å². The standard InChI is InChI=1S/C25H32N6O3S/c1-18-6-7-21(16-23(18)35(32,33)26-3)28-24-19(2)17-27-25(30-24)29-20-8-10-22(11-9-20)34-15-14-31-12-4-5-13-31/h6-11,16-17,26H,4-5,12-15H2,1-3H3,(H2,27,28,29,30). The average Bonchev–Trinajstić information content (AvgIpc) is 3.37. The molecule has 0 aliphatic carbocycles. The number of ether oxygens (including phenoxy) is 1. The molecule has 0 spiro atoms. The molecule has 2 heterocycles. The summed E-state index contributed by atoms with van der Waals surface area (Å²) in [5.74, 6) is 1.84. The minimum atomic E-state index is -3.56. The minimum absolute atomic E-state index is 0.220. The van der Waals surface area contributed by atoms with Crippen molar-refractivity contribution in [1.29, 1.82) is 0 Å². The molecule has 186 valence electrons. The highest BCUT2D eigenvalue weighted by Crippen LogP contribution is 2.25.